The van der Waals surface area contributed by atoms with E-state index in [9.17, 15) is 4.79 Å². The Labute approximate surface area is 116 Å². The van der Waals surface area contributed by atoms with E-state index in [4.69, 9.17) is 16.3 Å². The highest BCUT2D eigenvalue weighted by Gasteiger charge is 2.08. The van der Waals surface area contributed by atoms with E-state index < -0.39 is 0 Å². The molecular formula is C14H13ClN2O2. The van der Waals surface area contributed by atoms with E-state index in [0.717, 1.165) is 5.69 Å². The van der Waals surface area contributed by atoms with E-state index in [1.165, 1.54) is 6.92 Å². The van der Waals surface area contributed by atoms with Crippen LogP contribution in [0, 0.1) is 6.92 Å². The van der Waals surface area contributed by atoms with Gasteiger partial charge in [-0.1, -0.05) is 23.7 Å². The van der Waals surface area contributed by atoms with Crippen molar-refractivity contribution in [2.75, 3.05) is 0 Å². The van der Waals surface area contributed by atoms with Crippen LogP contribution in [0.3, 0.4) is 0 Å². The van der Waals surface area contributed by atoms with Crippen molar-refractivity contribution in [3.8, 4) is 5.75 Å². The highest BCUT2D eigenvalue weighted by atomic mass is 35.5. The number of carbonyl (C=O) groups excluding carboxylic acids is 1. The normalized spacial score (nSPS) is 10.3. The first-order valence-corrected chi connectivity index (χ1v) is 6.17. The van der Waals surface area contributed by atoms with Crippen molar-refractivity contribution in [2.24, 2.45) is 0 Å². The molecule has 0 radical (unpaired) electrons. The fourth-order valence-corrected chi connectivity index (χ4v) is 1.93. The number of hydrogen-bond donors (Lipinski definition) is 0. The van der Waals surface area contributed by atoms with Gasteiger partial charge in [0.1, 0.15) is 17.5 Å². The zero-order valence-electron chi connectivity index (χ0n) is 10.7. The molecule has 4 nitrogen and oxygen atoms in total. The van der Waals surface area contributed by atoms with Crippen LogP contribution in [-0.4, -0.2) is 15.8 Å². The molecule has 1 aromatic carbocycles. The van der Waals surface area contributed by atoms with E-state index in [1.807, 2.05) is 13.0 Å². The van der Waals surface area contributed by atoms with Crippen LogP contribution in [-0.2, 0) is 6.61 Å². The van der Waals surface area contributed by atoms with Crippen molar-refractivity contribution in [1.82, 2.24) is 9.97 Å². The quantitative estimate of drug-likeness (QED) is 0.635. The van der Waals surface area contributed by atoms with Gasteiger partial charge in [0, 0.05) is 5.69 Å². The second-order valence-corrected chi connectivity index (χ2v) is 4.48. The number of aromatic nitrogens is 2. The molecule has 98 valence electrons. The number of para-hydroxylation sites is 1. The van der Waals surface area contributed by atoms with Crippen LogP contribution in [0.5, 0.6) is 5.75 Å². The van der Waals surface area contributed by atoms with E-state index in [0.29, 0.717) is 22.3 Å². The molecule has 0 unspecified atom stereocenters. The van der Waals surface area contributed by atoms with Gasteiger partial charge in [0.15, 0.2) is 11.6 Å². The third kappa shape index (κ3) is 3.51. The lowest BCUT2D eigenvalue weighted by Gasteiger charge is -2.09. The first kappa shape index (κ1) is 13.5. The Bertz CT molecular complexity index is 594. The van der Waals surface area contributed by atoms with Gasteiger partial charge >= 0.3 is 0 Å². The second-order valence-electron chi connectivity index (χ2n) is 4.09. The number of ether oxygens (including phenoxy) is 1. The Hall–Kier alpha value is -1.94. The molecule has 2 rings (SSSR count). The maximum atomic E-state index is 11.5. The molecule has 0 aliphatic carbocycles. The summed E-state index contributed by atoms with van der Waals surface area (Å²) in [5, 5.41) is 0.381. The predicted molar refractivity (Wildman–Crippen MR) is 72.6 cm³/mol. The van der Waals surface area contributed by atoms with Crippen LogP contribution >= 0.6 is 11.6 Å². The van der Waals surface area contributed by atoms with Crippen molar-refractivity contribution in [3.63, 3.8) is 0 Å². The van der Waals surface area contributed by atoms with Crippen LogP contribution in [0.15, 0.2) is 30.3 Å². The largest absolute Gasteiger partial charge is 0.485 e. The fraction of sp³-hybridized carbons (Fsp3) is 0.214. The van der Waals surface area contributed by atoms with Gasteiger partial charge in [-0.3, -0.25) is 4.79 Å². The first-order valence-electron chi connectivity index (χ1n) is 5.79. The van der Waals surface area contributed by atoms with Gasteiger partial charge in [-0.15, -0.1) is 0 Å². The van der Waals surface area contributed by atoms with E-state index in [-0.39, 0.29) is 12.4 Å². The number of benzene rings is 1. The standard InChI is InChI=1S/C14H13ClN2O2/c1-9-7-13(15)17-14(16-9)8-19-12-6-4-3-5-11(12)10(2)18/h3-7H,8H2,1-2H3. The number of carbonyl (C=O) groups is 1. The molecular weight excluding hydrogens is 264 g/mol. The zero-order chi connectivity index (χ0) is 13.8. The first-order chi connectivity index (χ1) is 9.06. The molecule has 2 aromatic rings. The molecule has 0 spiro atoms. The summed E-state index contributed by atoms with van der Waals surface area (Å²) >= 11 is 5.85. The number of hydrogen-bond acceptors (Lipinski definition) is 4. The van der Waals surface area contributed by atoms with Crippen molar-refractivity contribution in [1.29, 1.82) is 0 Å². The van der Waals surface area contributed by atoms with Crippen molar-refractivity contribution < 1.29 is 9.53 Å². The van der Waals surface area contributed by atoms with Gasteiger partial charge in [0.2, 0.25) is 0 Å². The summed E-state index contributed by atoms with van der Waals surface area (Å²) in [6.07, 6.45) is 0. The Balaban J connectivity index is 2.16. The molecule has 0 aliphatic rings. The molecule has 0 bridgehead atoms. The van der Waals surface area contributed by atoms with Crippen molar-refractivity contribution in [3.05, 3.63) is 52.6 Å². The number of ketones is 1. The van der Waals surface area contributed by atoms with Crippen LogP contribution in [0.1, 0.15) is 28.8 Å². The minimum absolute atomic E-state index is 0.0428. The molecule has 0 atom stereocenters. The van der Waals surface area contributed by atoms with E-state index in [1.54, 1.807) is 24.3 Å². The SMILES string of the molecule is CC(=O)c1ccccc1OCc1nc(C)cc(Cl)n1. The average Bonchev–Trinajstić information content (AvgIpc) is 2.35. The molecule has 5 heteroatoms. The minimum Gasteiger partial charge on any atom is -0.485 e. The molecule has 0 N–H and O–H groups in total. The third-order valence-corrected chi connectivity index (χ3v) is 2.69. The average molecular weight is 277 g/mol. The highest BCUT2D eigenvalue weighted by Crippen LogP contribution is 2.19. The molecule has 0 saturated carbocycles. The van der Waals surface area contributed by atoms with Crippen molar-refractivity contribution in [2.45, 2.75) is 20.5 Å². The van der Waals surface area contributed by atoms with E-state index >= 15 is 0 Å². The summed E-state index contributed by atoms with van der Waals surface area (Å²) < 4.78 is 5.59. The van der Waals surface area contributed by atoms with Crippen LogP contribution < -0.4 is 4.74 Å². The smallest absolute Gasteiger partial charge is 0.167 e. The lowest BCUT2D eigenvalue weighted by atomic mass is 10.1. The van der Waals surface area contributed by atoms with Crippen LogP contribution in [0.25, 0.3) is 0 Å². The number of Topliss-reactive ketones (excluding diaryl/α,β-unsaturated/α-hetero) is 1. The molecule has 1 heterocycles. The van der Waals surface area contributed by atoms with Gasteiger partial charge in [-0.2, -0.15) is 0 Å². The second kappa shape index (κ2) is 5.80. The van der Waals surface area contributed by atoms with Crippen LogP contribution in [0.2, 0.25) is 5.15 Å². The summed E-state index contributed by atoms with van der Waals surface area (Å²) in [7, 11) is 0. The zero-order valence-corrected chi connectivity index (χ0v) is 11.4. The molecule has 0 fully saturated rings. The third-order valence-electron chi connectivity index (χ3n) is 2.49. The summed E-state index contributed by atoms with van der Waals surface area (Å²) in [6, 6.07) is 8.75. The van der Waals surface area contributed by atoms with Gasteiger partial charge < -0.3 is 4.74 Å². The molecule has 0 amide bonds. The van der Waals surface area contributed by atoms with Gasteiger partial charge in [0.25, 0.3) is 0 Å². The molecule has 19 heavy (non-hydrogen) atoms. The number of halogens is 1. The Morgan fingerprint density at radius 2 is 2.05 bits per heavy atom. The maximum absolute atomic E-state index is 11.5. The summed E-state index contributed by atoms with van der Waals surface area (Å²) in [5.41, 5.74) is 1.32. The number of nitrogens with zero attached hydrogens (tertiary/aromatic N) is 2. The number of aryl methyl sites for hydroxylation is 1. The van der Waals surface area contributed by atoms with E-state index in [2.05, 4.69) is 9.97 Å². The Morgan fingerprint density at radius 1 is 1.32 bits per heavy atom. The van der Waals surface area contributed by atoms with Crippen molar-refractivity contribution >= 4 is 17.4 Å². The lowest BCUT2D eigenvalue weighted by Crippen LogP contribution is -2.05. The Morgan fingerprint density at radius 3 is 2.74 bits per heavy atom. The predicted octanol–water partition coefficient (Wildman–Crippen LogP) is 3.22. The fourth-order valence-electron chi connectivity index (χ4n) is 1.68. The summed E-state index contributed by atoms with van der Waals surface area (Å²) in [6.45, 7) is 3.51. The highest BCUT2D eigenvalue weighted by molar-refractivity contribution is 6.29. The molecule has 1 aromatic heterocycles. The topological polar surface area (TPSA) is 52.1 Å². The maximum Gasteiger partial charge on any atom is 0.167 e. The monoisotopic (exact) mass is 276 g/mol. The lowest BCUT2D eigenvalue weighted by molar-refractivity contribution is 0.101. The van der Waals surface area contributed by atoms with Gasteiger partial charge in [-0.25, -0.2) is 9.97 Å². The van der Waals surface area contributed by atoms with Gasteiger partial charge in [-0.05, 0) is 32.0 Å². The Kier molecular flexibility index (Phi) is 4.12. The summed E-state index contributed by atoms with van der Waals surface area (Å²) in [5.74, 6) is 0.971. The van der Waals surface area contributed by atoms with Gasteiger partial charge in [0.05, 0.1) is 5.56 Å². The summed E-state index contributed by atoms with van der Waals surface area (Å²) in [4.78, 5) is 19.7. The minimum atomic E-state index is -0.0428. The van der Waals surface area contributed by atoms with Crippen LogP contribution in [0.4, 0.5) is 0 Å². The molecule has 0 aliphatic heterocycles. The molecule has 0 saturated heterocycles. The number of rotatable bonds is 4.